The van der Waals surface area contributed by atoms with Gasteiger partial charge in [-0.2, -0.15) is 5.26 Å². The summed E-state index contributed by atoms with van der Waals surface area (Å²) >= 11 is 0. The van der Waals surface area contributed by atoms with Crippen molar-refractivity contribution in [3.05, 3.63) is 0 Å². The highest BCUT2D eigenvalue weighted by Crippen LogP contribution is 2.21. The number of carbonyl (C=O) groups is 1. The molecule has 0 aromatic heterocycles. The van der Waals surface area contributed by atoms with E-state index < -0.39 is 5.92 Å². The van der Waals surface area contributed by atoms with Gasteiger partial charge in [0.05, 0.1) is 6.07 Å². The van der Waals surface area contributed by atoms with Crippen molar-refractivity contribution >= 4 is 5.91 Å². The Hall–Kier alpha value is -1.04. The third kappa shape index (κ3) is 2.95. The Labute approximate surface area is 92.1 Å². The Morgan fingerprint density at radius 3 is 2.80 bits per heavy atom. The summed E-state index contributed by atoms with van der Waals surface area (Å²) in [5.74, 6) is 0.288. The summed E-state index contributed by atoms with van der Waals surface area (Å²) in [6.45, 7) is 5.87. The second kappa shape index (κ2) is 5.75. The molecule has 0 spiro atoms. The molecule has 0 aromatic rings. The van der Waals surface area contributed by atoms with Gasteiger partial charge in [0.25, 0.3) is 0 Å². The van der Waals surface area contributed by atoms with E-state index >= 15 is 0 Å². The van der Waals surface area contributed by atoms with E-state index in [0.29, 0.717) is 12.3 Å². The number of rotatable bonds is 4. The van der Waals surface area contributed by atoms with Gasteiger partial charge in [-0.3, -0.25) is 4.79 Å². The van der Waals surface area contributed by atoms with Crippen LogP contribution in [0.4, 0.5) is 0 Å². The molecule has 1 saturated heterocycles. The standard InChI is InChI=1S/C12H20N2O/c1-3-5-11(8-13)12(15)14-7-6-10(4-2)9-14/h10-11H,3-7,9H2,1-2H3. The first kappa shape index (κ1) is 12.0. The Kier molecular flexibility index (Phi) is 4.61. The van der Waals surface area contributed by atoms with Crippen molar-refractivity contribution in [1.82, 2.24) is 4.90 Å². The second-order valence-corrected chi connectivity index (χ2v) is 4.32. The summed E-state index contributed by atoms with van der Waals surface area (Å²) in [6.07, 6.45) is 3.83. The van der Waals surface area contributed by atoms with Crippen LogP contribution in [0.3, 0.4) is 0 Å². The monoisotopic (exact) mass is 208 g/mol. The molecule has 1 aliphatic heterocycles. The van der Waals surface area contributed by atoms with Gasteiger partial charge in [-0.1, -0.05) is 26.7 Å². The molecule has 1 heterocycles. The maximum atomic E-state index is 11.9. The number of likely N-dealkylation sites (tertiary alicyclic amines) is 1. The van der Waals surface area contributed by atoms with Crippen molar-refractivity contribution in [2.45, 2.75) is 39.5 Å². The van der Waals surface area contributed by atoms with Gasteiger partial charge in [0.1, 0.15) is 5.92 Å². The van der Waals surface area contributed by atoms with Crippen LogP contribution in [-0.2, 0) is 4.79 Å². The molecule has 3 heteroatoms. The van der Waals surface area contributed by atoms with Crippen molar-refractivity contribution < 1.29 is 4.79 Å². The maximum Gasteiger partial charge on any atom is 0.239 e. The van der Waals surface area contributed by atoms with Crippen LogP contribution >= 0.6 is 0 Å². The molecule has 15 heavy (non-hydrogen) atoms. The van der Waals surface area contributed by atoms with Crippen molar-refractivity contribution in [1.29, 1.82) is 5.26 Å². The summed E-state index contributed by atoms with van der Waals surface area (Å²) in [7, 11) is 0. The second-order valence-electron chi connectivity index (χ2n) is 4.32. The summed E-state index contributed by atoms with van der Waals surface area (Å²) in [6, 6.07) is 2.12. The molecule has 1 rings (SSSR count). The molecule has 0 N–H and O–H groups in total. The average Bonchev–Trinajstić information content (AvgIpc) is 2.73. The van der Waals surface area contributed by atoms with Crippen LogP contribution in [0.25, 0.3) is 0 Å². The van der Waals surface area contributed by atoms with E-state index in [1.807, 2.05) is 11.8 Å². The van der Waals surface area contributed by atoms with Gasteiger partial charge < -0.3 is 4.90 Å². The van der Waals surface area contributed by atoms with Gasteiger partial charge in [0, 0.05) is 13.1 Å². The molecule has 0 saturated carbocycles. The quantitative estimate of drug-likeness (QED) is 0.710. The van der Waals surface area contributed by atoms with Gasteiger partial charge in [0.2, 0.25) is 5.91 Å². The minimum absolute atomic E-state index is 0.0512. The Balaban J connectivity index is 2.50. The molecule has 2 unspecified atom stereocenters. The first-order valence-electron chi connectivity index (χ1n) is 5.91. The highest BCUT2D eigenvalue weighted by Gasteiger charge is 2.29. The molecule has 0 radical (unpaired) electrons. The number of hydrogen-bond acceptors (Lipinski definition) is 2. The molecule has 1 aliphatic rings. The zero-order valence-electron chi connectivity index (χ0n) is 9.70. The van der Waals surface area contributed by atoms with Crippen LogP contribution < -0.4 is 0 Å². The third-order valence-corrected chi connectivity index (χ3v) is 3.21. The molecule has 2 atom stereocenters. The number of hydrogen-bond donors (Lipinski definition) is 0. The molecule has 0 aromatic carbocycles. The molecule has 0 bridgehead atoms. The minimum atomic E-state index is -0.411. The molecule has 3 nitrogen and oxygen atoms in total. The minimum Gasteiger partial charge on any atom is -0.341 e. The van der Waals surface area contributed by atoms with E-state index in [9.17, 15) is 4.79 Å². The van der Waals surface area contributed by atoms with Crippen LogP contribution in [0.2, 0.25) is 0 Å². The SMILES string of the molecule is CCCC(C#N)C(=O)N1CCC(CC)C1. The first-order chi connectivity index (χ1) is 7.22. The molecule has 1 amide bonds. The summed E-state index contributed by atoms with van der Waals surface area (Å²) in [5.41, 5.74) is 0. The largest absolute Gasteiger partial charge is 0.341 e. The zero-order chi connectivity index (χ0) is 11.3. The number of amides is 1. The molecule has 84 valence electrons. The fourth-order valence-corrected chi connectivity index (χ4v) is 2.12. The molecular formula is C12H20N2O. The van der Waals surface area contributed by atoms with E-state index in [-0.39, 0.29) is 5.91 Å². The van der Waals surface area contributed by atoms with Gasteiger partial charge in [0.15, 0.2) is 0 Å². The van der Waals surface area contributed by atoms with Gasteiger partial charge in [-0.25, -0.2) is 0 Å². The van der Waals surface area contributed by atoms with Gasteiger partial charge in [-0.15, -0.1) is 0 Å². The Morgan fingerprint density at radius 2 is 2.33 bits per heavy atom. The van der Waals surface area contributed by atoms with E-state index in [1.54, 1.807) is 0 Å². The van der Waals surface area contributed by atoms with Crippen LogP contribution in [0.15, 0.2) is 0 Å². The smallest absolute Gasteiger partial charge is 0.239 e. The maximum absolute atomic E-state index is 11.9. The lowest BCUT2D eigenvalue weighted by Gasteiger charge is -2.19. The third-order valence-electron chi connectivity index (χ3n) is 3.21. The van der Waals surface area contributed by atoms with Crippen LogP contribution in [-0.4, -0.2) is 23.9 Å². The highest BCUT2D eigenvalue weighted by molar-refractivity contribution is 5.81. The predicted octanol–water partition coefficient (Wildman–Crippen LogP) is 2.18. The van der Waals surface area contributed by atoms with Crippen molar-refractivity contribution in [3.63, 3.8) is 0 Å². The van der Waals surface area contributed by atoms with E-state index in [4.69, 9.17) is 5.26 Å². The summed E-state index contributed by atoms with van der Waals surface area (Å²) in [5, 5.41) is 8.91. The Bertz CT molecular complexity index is 257. The Morgan fingerprint density at radius 1 is 1.60 bits per heavy atom. The lowest BCUT2D eigenvalue weighted by atomic mass is 10.0. The summed E-state index contributed by atoms with van der Waals surface area (Å²) in [4.78, 5) is 13.8. The number of carbonyl (C=O) groups excluding carboxylic acids is 1. The van der Waals surface area contributed by atoms with Crippen LogP contribution in [0.1, 0.15) is 39.5 Å². The zero-order valence-corrected chi connectivity index (χ0v) is 9.70. The fraction of sp³-hybridized carbons (Fsp3) is 0.833. The lowest BCUT2D eigenvalue weighted by molar-refractivity contribution is -0.133. The normalized spacial score (nSPS) is 22.5. The van der Waals surface area contributed by atoms with Gasteiger partial charge >= 0.3 is 0 Å². The van der Waals surface area contributed by atoms with Gasteiger partial charge in [-0.05, 0) is 18.8 Å². The van der Waals surface area contributed by atoms with Crippen LogP contribution in [0.5, 0.6) is 0 Å². The predicted molar refractivity (Wildman–Crippen MR) is 59.0 cm³/mol. The lowest BCUT2D eigenvalue weighted by Crippen LogP contribution is -2.33. The average molecular weight is 208 g/mol. The molecular weight excluding hydrogens is 188 g/mol. The number of nitrogens with zero attached hydrogens (tertiary/aromatic N) is 2. The van der Waals surface area contributed by atoms with Crippen molar-refractivity contribution in [2.75, 3.05) is 13.1 Å². The first-order valence-corrected chi connectivity index (χ1v) is 5.91. The topological polar surface area (TPSA) is 44.1 Å². The molecule has 0 aliphatic carbocycles. The summed E-state index contributed by atoms with van der Waals surface area (Å²) < 4.78 is 0. The van der Waals surface area contributed by atoms with Crippen molar-refractivity contribution in [2.24, 2.45) is 11.8 Å². The fourth-order valence-electron chi connectivity index (χ4n) is 2.12. The highest BCUT2D eigenvalue weighted by atomic mass is 16.2. The van der Waals surface area contributed by atoms with Crippen molar-refractivity contribution in [3.8, 4) is 6.07 Å². The number of nitriles is 1. The molecule has 1 fully saturated rings. The van der Waals surface area contributed by atoms with Crippen LogP contribution in [0, 0.1) is 23.2 Å². The van der Waals surface area contributed by atoms with E-state index in [0.717, 1.165) is 32.4 Å². The van der Waals surface area contributed by atoms with E-state index in [1.165, 1.54) is 0 Å². The van der Waals surface area contributed by atoms with E-state index in [2.05, 4.69) is 13.0 Å².